The highest BCUT2D eigenvalue weighted by molar-refractivity contribution is 8.00. The molecule has 1 fully saturated rings. The third kappa shape index (κ3) is 6.22. The molecule has 0 radical (unpaired) electrons. The second kappa shape index (κ2) is 9.98. The summed E-state index contributed by atoms with van der Waals surface area (Å²) >= 11 is 3.03. The normalized spacial score (nSPS) is 22.2. The number of oxazole rings is 1. The topological polar surface area (TPSA) is 77.2 Å². The lowest BCUT2D eigenvalue weighted by molar-refractivity contribution is 0.0126. The summed E-state index contributed by atoms with van der Waals surface area (Å²) in [6.45, 7) is 10.8. The first-order valence-electron chi connectivity index (χ1n) is 10.3. The van der Waals surface area contributed by atoms with Crippen LogP contribution in [0.1, 0.15) is 71.5 Å². The van der Waals surface area contributed by atoms with Gasteiger partial charge >= 0.3 is 6.09 Å². The van der Waals surface area contributed by atoms with E-state index in [0.29, 0.717) is 40.4 Å². The zero-order valence-electron chi connectivity index (χ0n) is 17.8. The fourth-order valence-electron chi connectivity index (χ4n) is 3.68. The number of carbonyl (C=O) groups is 1. The molecule has 1 saturated carbocycles. The molecule has 0 bridgehead atoms. The van der Waals surface area contributed by atoms with E-state index in [1.807, 2.05) is 0 Å². The lowest BCUT2D eigenvalue weighted by Crippen LogP contribution is -2.36. The number of nitrogens with zero attached hydrogens (tertiary/aromatic N) is 2. The van der Waals surface area contributed by atoms with Crippen LogP contribution in [0.25, 0.3) is 0 Å². The molecule has 1 aliphatic carbocycles. The van der Waals surface area contributed by atoms with Gasteiger partial charge in [-0.15, -0.1) is 11.8 Å². The summed E-state index contributed by atoms with van der Waals surface area (Å²) in [6, 6.07) is 0. The molecular weight excluding hydrogens is 406 g/mol. The number of hydrogen-bond acceptors (Lipinski definition) is 7. The summed E-state index contributed by atoms with van der Waals surface area (Å²) in [5.74, 6) is 4.09. The van der Waals surface area contributed by atoms with Crippen LogP contribution in [0.15, 0.2) is 21.0 Å². The summed E-state index contributed by atoms with van der Waals surface area (Å²) in [7, 11) is 0. The molecule has 2 aromatic heterocycles. The molecule has 2 aromatic rings. The van der Waals surface area contributed by atoms with Crippen LogP contribution in [0.3, 0.4) is 0 Å². The van der Waals surface area contributed by atoms with Crippen LogP contribution in [0.2, 0.25) is 0 Å². The summed E-state index contributed by atoms with van der Waals surface area (Å²) in [5.41, 5.74) is 0. The lowest BCUT2D eigenvalue weighted by Gasteiger charge is -2.36. The van der Waals surface area contributed by atoms with Crippen LogP contribution in [0.5, 0.6) is 0 Å². The van der Waals surface area contributed by atoms with Gasteiger partial charge in [0.15, 0.2) is 5.13 Å². The van der Waals surface area contributed by atoms with E-state index in [1.54, 1.807) is 24.2 Å². The number of hydrogen-bond donors (Lipinski definition) is 1. The maximum absolute atomic E-state index is 12.4. The van der Waals surface area contributed by atoms with Crippen LogP contribution in [-0.4, -0.2) is 22.2 Å². The molecule has 29 heavy (non-hydrogen) atoms. The minimum Gasteiger partial charge on any atom is -0.446 e. The zero-order chi connectivity index (χ0) is 21.0. The highest BCUT2D eigenvalue weighted by Gasteiger charge is 2.33. The number of nitrogens with one attached hydrogen (secondary N) is 1. The average molecular weight is 438 g/mol. The Hall–Kier alpha value is -1.54. The maximum atomic E-state index is 12.4. The van der Waals surface area contributed by atoms with E-state index in [9.17, 15) is 4.79 Å². The van der Waals surface area contributed by atoms with Gasteiger partial charge in [-0.05, 0) is 30.6 Å². The van der Waals surface area contributed by atoms with Crippen molar-refractivity contribution >= 4 is 34.3 Å². The predicted octanol–water partition coefficient (Wildman–Crippen LogP) is 6.56. The van der Waals surface area contributed by atoms with Crippen molar-refractivity contribution in [3.8, 4) is 0 Å². The Balaban J connectivity index is 1.50. The van der Waals surface area contributed by atoms with Crippen molar-refractivity contribution < 1.29 is 13.9 Å². The number of carbonyl (C=O) groups excluding carboxylic acids is 1. The highest BCUT2D eigenvalue weighted by atomic mass is 32.2. The van der Waals surface area contributed by atoms with E-state index < -0.39 is 6.09 Å². The van der Waals surface area contributed by atoms with Crippen molar-refractivity contribution in [1.82, 2.24) is 9.97 Å². The Morgan fingerprint density at radius 2 is 2.10 bits per heavy atom. The molecule has 1 aliphatic rings. The zero-order valence-corrected chi connectivity index (χ0v) is 19.4. The van der Waals surface area contributed by atoms with Crippen molar-refractivity contribution in [2.24, 2.45) is 17.8 Å². The minimum atomic E-state index is -0.407. The smallest absolute Gasteiger partial charge is 0.413 e. The molecule has 0 spiro atoms. The highest BCUT2D eigenvalue weighted by Crippen LogP contribution is 2.36. The Morgan fingerprint density at radius 1 is 1.31 bits per heavy atom. The van der Waals surface area contributed by atoms with Crippen LogP contribution in [-0.2, 0) is 10.5 Å². The number of thiazole rings is 1. The first-order valence-corrected chi connectivity index (χ1v) is 12.1. The third-order valence-electron chi connectivity index (χ3n) is 5.39. The second-order valence-corrected chi connectivity index (χ2v) is 10.8. The van der Waals surface area contributed by atoms with Gasteiger partial charge in [-0.2, -0.15) is 0 Å². The molecule has 0 aromatic carbocycles. The van der Waals surface area contributed by atoms with Gasteiger partial charge < -0.3 is 9.15 Å². The van der Waals surface area contributed by atoms with Gasteiger partial charge in [0.25, 0.3) is 0 Å². The molecule has 3 rings (SSSR count). The monoisotopic (exact) mass is 437 g/mol. The molecule has 0 aliphatic heterocycles. The largest absolute Gasteiger partial charge is 0.446 e. The Labute approximate surface area is 181 Å². The predicted molar refractivity (Wildman–Crippen MR) is 118 cm³/mol. The number of anilines is 1. The van der Waals surface area contributed by atoms with Gasteiger partial charge in [0, 0.05) is 5.92 Å². The second-order valence-electron chi connectivity index (χ2n) is 8.48. The SMILES string of the molecule is CC(C)c1cnc(CSc2cnc(NC(=O)OC3C[C@H](C)CC[C@H]3C(C)C)s2)o1. The van der Waals surface area contributed by atoms with Crippen LogP contribution in [0.4, 0.5) is 9.93 Å². The molecule has 0 saturated heterocycles. The molecule has 1 N–H and O–H groups in total. The molecule has 160 valence electrons. The average Bonchev–Trinajstić information content (AvgIpc) is 3.29. The van der Waals surface area contributed by atoms with E-state index in [1.165, 1.54) is 17.8 Å². The van der Waals surface area contributed by atoms with Gasteiger partial charge in [-0.1, -0.05) is 52.4 Å². The van der Waals surface area contributed by atoms with Gasteiger partial charge in [0.1, 0.15) is 11.9 Å². The first kappa shape index (κ1) is 22.2. The van der Waals surface area contributed by atoms with Crippen LogP contribution >= 0.6 is 23.1 Å². The molecule has 2 heterocycles. The van der Waals surface area contributed by atoms with E-state index in [4.69, 9.17) is 9.15 Å². The lowest BCUT2D eigenvalue weighted by atomic mass is 9.75. The number of rotatable bonds is 7. The van der Waals surface area contributed by atoms with Crippen molar-refractivity contribution in [3.63, 3.8) is 0 Å². The number of thioether (sulfide) groups is 1. The van der Waals surface area contributed by atoms with Gasteiger partial charge in [0.2, 0.25) is 5.89 Å². The van der Waals surface area contributed by atoms with E-state index in [2.05, 4.69) is 49.9 Å². The fraction of sp³-hybridized carbons (Fsp3) is 0.667. The van der Waals surface area contributed by atoms with Crippen molar-refractivity contribution in [2.75, 3.05) is 5.32 Å². The summed E-state index contributed by atoms with van der Waals surface area (Å²) < 4.78 is 12.5. The molecule has 3 atom stereocenters. The van der Waals surface area contributed by atoms with Gasteiger partial charge in [-0.25, -0.2) is 14.8 Å². The van der Waals surface area contributed by atoms with Crippen molar-refractivity contribution in [2.45, 2.75) is 75.9 Å². The first-order chi connectivity index (χ1) is 13.8. The van der Waals surface area contributed by atoms with Crippen LogP contribution < -0.4 is 5.32 Å². The van der Waals surface area contributed by atoms with Crippen molar-refractivity contribution in [1.29, 1.82) is 0 Å². The van der Waals surface area contributed by atoms with E-state index in [-0.39, 0.29) is 6.10 Å². The molecule has 1 unspecified atom stereocenters. The molecular formula is C21H31N3O3S2. The Bertz CT molecular complexity index is 803. The Kier molecular flexibility index (Phi) is 7.62. The molecule has 8 heteroatoms. The van der Waals surface area contributed by atoms with Gasteiger partial charge in [0.05, 0.1) is 22.4 Å². The minimum absolute atomic E-state index is 0.0206. The van der Waals surface area contributed by atoms with E-state index >= 15 is 0 Å². The van der Waals surface area contributed by atoms with Crippen molar-refractivity contribution in [3.05, 3.63) is 24.0 Å². The fourth-order valence-corrected chi connectivity index (χ4v) is 5.39. The Morgan fingerprint density at radius 3 is 2.79 bits per heavy atom. The standard InChI is InChI=1S/C21H31N3O3S2/c1-12(2)15-7-6-14(5)8-16(15)27-21(25)24-20-23-10-19(29-20)28-11-18-22-9-17(26-18)13(3)4/h9-10,12-16H,6-8,11H2,1-5H3,(H,23,24,25)/t14-,15+,16?/m1/s1. The molecule has 1 amide bonds. The van der Waals surface area contributed by atoms with Crippen LogP contribution in [0, 0.1) is 17.8 Å². The number of aromatic nitrogens is 2. The maximum Gasteiger partial charge on any atom is 0.413 e. The number of ether oxygens (including phenoxy) is 1. The quantitative estimate of drug-likeness (QED) is 0.495. The van der Waals surface area contributed by atoms with E-state index in [0.717, 1.165) is 22.8 Å². The summed E-state index contributed by atoms with van der Waals surface area (Å²) in [5, 5.41) is 3.35. The van der Waals surface area contributed by atoms with Gasteiger partial charge in [-0.3, -0.25) is 5.32 Å². The number of amides is 1. The third-order valence-corrected chi connectivity index (χ3v) is 7.48. The summed E-state index contributed by atoms with van der Waals surface area (Å²) in [4.78, 5) is 21.0. The molecule has 6 nitrogen and oxygen atoms in total. The summed E-state index contributed by atoms with van der Waals surface area (Å²) in [6.07, 6.45) is 6.38.